The molecule has 0 unspecified atom stereocenters. The number of nitrogens with zero attached hydrogens (tertiary/aromatic N) is 1. The van der Waals surface area contributed by atoms with Crippen LogP contribution in [0.15, 0.2) is 53.0 Å². The van der Waals surface area contributed by atoms with Crippen LogP contribution in [-0.4, -0.2) is 66.4 Å². The van der Waals surface area contributed by atoms with Gasteiger partial charge in [0.25, 0.3) is 0 Å². The van der Waals surface area contributed by atoms with Crippen molar-refractivity contribution >= 4 is 56.6 Å². The molecule has 4 rings (SSSR count). The van der Waals surface area contributed by atoms with Crippen molar-refractivity contribution in [1.82, 2.24) is 4.90 Å². The van der Waals surface area contributed by atoms with Gasteiger partial charge in [-0.2, -0.15) is 0 Å². The molecule has 2 heterocycles. The number of hydrogen-bond acceptors (Lipinski definition) is 7. The molecular weight excluding hydrogens is 590 g/mol. The number of ether oxygens (including phenoxy) is 2. The minimum Gasteiger partial charge on any atom is -0.495 e. The summed E-state index contributed by atoms with van der Waals surface area (Å²) in [5.74, 6) is -1.38. The molecule has 12 heteroatoms. The van der Waals surface area contributed by atoms with E-state index in [1.807, 2.05) is 47.4 Å². The lowest BCUT2D eigenvalue weighted by Gasteiger charge is -2.32. The highest BCUT2D eigenvalue weighted by Crippen LogP contribution is 2.46. The van der Waals surface area contributed by atoms with E-state index >= 15 is 0 Å². The summed E-state index contributed by atoms with van der Waals surface area (Å²) in [5.41, 5.74) is 2.28. The number of aromatic carboxylic acids is 1. The van der Waals surface area contributed by atoms with Gasteiger partial charge in [0.2, 0.25) is 0 Å². The first-order chi connectivity index (χ1) is 18.8. The maximum atomic E-state index is 12.7. The quantitative estimate of drug-likeness (QED) is 0.227. The van der Waals surface area contributed by atoms with Crippen LogP contribution >= 0.6 is 27.3 Å². The number of amides is 2. The number of carboxylic acids is 2. The van der Waals surface area contributed by atoms with Gasteiger partial charge in [0, 0.05) is 25.3 Å². The number of halogens is 1. The van der Waals surface area contributed by atoms with Crippen molar-refractivity contribution in [1.29, 1.82) is 0 Å². The lowest BCUT2D eigenvalue weighted by Crippen LogP contribution is -2.42. The molecule has 10 nitrogen and oxygen atoms in total. The van der Waals surface area contributed by atoms with Crippen molar-refractivity contribution in [2.24, 2.45) is 5.92 Å². The predicted octanol–water partition coefficient (Wildman–Crippen LogP) is 5.70. The first kappa shape index (κ1) is 28.2. The number of aliphatic carboxylic acids is 1. The van der Waals surface area contributed by atoms with Crippen LogP contribution in [0.1, 0.15) is 22.5 Å². The Morgan fingerprint density at radius 2 is 1.85 bits per heavy atom. The molecule has 0 bridgehead atoms. The van der Waals surface area contributed by atoms with Crippen molar-refractivity contribution in [2.45, 2.75) is 12.8 Å². The van der Waals surface area contributed by atoms with Gasteiger partial charge in [-0.15, -0.1) is 11.3 Å². The zero-order valence-electron chi connectivity index (χ0n) is 21.1. The molecule has 1 aromatic heterocycles. The zero-order valence-corrected chi connectivity index (χ0v) is 23.5. The number of hydrogen-bond donors (Lipinski definition) is 4. The Morgan fingerprint density at radius 1 is 1.10 bits per heavy atom. The van der Waals surface area contributed by atoms with Gasteiger partial charge >= 0.3 is 18.0 Å². The second kappa shape index (κ2) is 12.9. The molecule has 0 spiro atoms. The van der Waals surface area contributed by atoms with E-state index < -0.39 is 18.5 Å². The van der Waals surface area contributed by atoms with Gasteiger partial charge in [-0.05, 0) is 64.5 Å². The highest BCUT2D eigenvalue weighted by molar-refractivity contribution is 9.10. The van der Waals surface area contributed by atoms with Crippen LogP contribution in [0.25, 0.3) is 10.4 Å². The van der Waals surface area contributed by atoms with Crippen LogP contribution in [0.3, 0.4) is 0 Å². The monoisotopic (exact) mass is 617 g/mol. The first-order valence-electron chi connectivity index (χ1n) is 12.2. The van der Waals surface area contributed by atoms with Crippen molar-refractivity contribution in [3.8, 4) is 21.9 Å². The Balaban J connectivity index is 1.34. The van der Waals surface area contributed by atoms with Crippen LogP contribution in [0.2, 0.25) is 0 Å². The average Bonchev–Trinajstić information content (AvgIpc) is 3.27. The molecule has 0 atom stereocenters. The standard InChI is InChI=1S/C27H28BrN3O7S/c1-37-20-8-3-2-7-19(20)30-27(36)31-11-9-16(10-12-31)14-29-18-6-4-5-17(13-18)24-22(28)23(38-15-21(32)33)25(39-24)26(34)35/h2-8,13,16,29H,9-12,14-15H2,1H3,(H,30,36)(H,32,33)(H,34,35). The third-order valence-electron chi connectivity index (χ3n) is 6.31. The lowest BCUT2D eigenvalue weighted by molar-refractivity contribution is -0.139. The van der Waals surface area contributed by atoms with Crippen LogP contribution in [0, 0.1) is 5.92 Å². The number of carbonyl (C=O) groups excluding carboxylic acids is 1. The molecule has 1 aliphatic heterocycles. The number of likely N-dealkylation sites (tertiary alicyclic amines) is 1. The molecule has 0 radical (unpaired) electrons. The topological polar surface area (TPSA) is 137 Å². The smallest absolute Gasteiger partial charge is 0.349 e. The van der Waals surface area contributed by atoms with Crippen LogP contribution in [-0.2, 0) is 4.79 Å². The number of thiophene rings is 1. The number of rotatable bonds is 10. The van der Waals surface area contributed by atoms with E-state index in [4.69, 9.17) is 14.6 Å². The Bertz CT molecular complexity index is 1350. The van der Waals surface area contributed by atoms with E-state index in [0.717, 1.165) is 42.0 Å². The second-order valence-electron chi connectivity index (χ2n) is 8.91. The fourth-order valence-corrected chi connectivity index (χ4v) is 6.19. The molecule has 0 aliphatic carbocycles. The van der Waals surface area contributed by atoms with Gasteiger partial charge in [-0.3, -0.25) is 0 Å². The largest absolute Gasteiger partial charge is 0.495 e. The average molecular weight is 619 g/mol. The Morgan fingerprint density at radius 3 is 2.54 bits per heavy atom. The first-order valence-corrected chi connectivity index (χ1v) is 13.8. The Kier molecular flexibility index (Phi) is 9.31. The van der Waals surface area contributed by atoms with Crippen molar-refractivity contribution in [2.75, 3.05) is 44.0 Å². The highest BCUT2D eigenvalue weighted by Gasteiger charge is 2.25. The molecule has 206 valence electrons. The maximum Gasteiger partial charge on any atom is 0.349 e. The summed E-state index contributed by atoms with van der Waals surface area (Å²) in [6.07, 6.45) is 1.71. The van der Waals surface area contributed by atoms with Gasteiger partial charge in [0.05, 0.1) is 22.1 Å². The third-order valence-corrected chi connectivity index (χ3v) is 8.54. The lowest BCUT2D eigenvalue weighted by atomic mass is 9.97. The summed E-state index contributed by atoms with van der Waals surface area (Å²) in [5, 5.41) is 24.9. The number of urea groups is 1. The highest BCUT2D eigenvalue weighted by atomic mass is 79.9. The van der Waals surface area contributed by atoms with E-state index in [0.29, 0.717) is 39.8 Å². The Hall–Kier alpha value is -3.77. The number of nitrogens with one attached hydrogen (secondary N) is 2. The Labute approximate surface area is 237 Å². The molecule has 0 saturated carbocycles. The summed E-state index contributed by atoms with van der Waals surface area (Å²) < 4.78 is 11.0. The molecule has 1 saturated heterocycles. The van der Waals surface area contributed by atoms with Crippen molar-refractivity contribution < 1.29 is 34.1 Å². The number of para-hydroxylation sites is 2. The van der Waals surface area contributed by atoms with E-state index in [-0.39, 0.29) is 16.7 Å². The number of carbonyl (C=O) groups is 3. The second-order valence-corrected chi connectivity index (χ2v) is 10.7. The van der Waals surface area contributed by atoms with Gasteiger partial charge in [0.1, 0.15) is 5.75 Å². The van der Waals surface area contributed by atoms with Crippen LogP contribution < -0.4 is 20.1 Å². The summed E-state index contributed by atoms with van der Waals surface area (Å²) >= 11 is 4.41. The van der Waals surface area contributed by atoms with Crippen molar-refractivity contribution in [3.05, 3.63) is 57.9 Å². The SMILES string of the molecule is COc1ccccc1NC(=O)N1CCC(CNc2cccc(-c3sc(C(=O)O)c(OCC(=O)O)c3Br)c2)CC1. The molecular formula is C27H28BrN3O7S. The minimum atomic E-state index is -1.19. The summed E-state index contributed by atoms with van der Waals surface area (Å²) in [6, 6.07) is 14.7. The molecule has 2 aromatic carbocycles. The minimum absolute atomic E-state index is 0.00441. The molecule has 2 amide bonds. The van der Waals surface area contributed by atoms with Crippen LogP contribution in [0.4, 0.5) is 16.2 Å². The fourth-order valence-electron chi connectivity index (χ4n) is 4.30. The number of carboxylic acid groups (broad SMARTS) is 2. The number of piperidine rings is 1. The number of methoxy groups -OCH3 is 1. The van der Waals surface area contributed by atoms with Gasteiger partial charge in [0.15, 0.2) is 17.2 Å². The van der Waals surface area contributed by atoms with Crippen LogP contribution in [0.5, 0.6) is 11.5 Å². The summed E-state index contributed by atoms with van der Waals surface area (Å²) in [4.78, 5) is 37.7. The van der Waals surface area contributed by atoms with E-state index in [2.05, 4.69) is 26.6 Å². The van der Waals surface area contributed by atoms with Gasteiger partial charge in [-0.1, -0.05) is 24.3 Å². The third kappa shape index (κ3) is 7.01. The van der Waals surface area contributed by atoms with E-state index in [1.54, 1.807) is 13.2 Å². The normalized spacial score (nSPS) is 13.5. The molecule has 1 aliphatic rings. The maximum absolute atomic E-state index is 12.7. The van der Waals surface area contributed by atoms with Gasteiger partial charge in [-0.25, -0.2) is 14.4 Å². The number of benzene rings is 2. The van der Waals surface area contributed by atoms with E-state index in [9.17, 15) is 19.5 Å². The summed E-state index contributed by atoms with van der Waals surface area (Å²) in [7, 11) is 1.57. The predicted molar refractivity (Wildman–Crippen MR) is 152 cm³/mol. The van der Waals surface area contributed by atoms with Crippen molar-refractivity contribution in [3.63, 3.8) is 0 Å². The molecule has 4 N–H and O–H groups in total. The zero-order chi connectivity index (χ0) is 27.9. The number of anilines is 2. The fraction of sp³-hybridized carbons (Fsp3) is 0.296. The molecule has 39 heavy (non-hydrogen) atoms. The summed E-state index contributed by atoms with van der Waals surface area (Å²) in [6.45, 7) is 1.38. The molecule has 1 fully saturated rings. The molecule has 3 aromatic rings. The van der Waals surface area contributed by atoms with E-state index in [1.165, 1.54) is 0 Å². The van der Waals surface area contributed by atoms with Gasteiger partial charge < -0.3 is 35.2 Å².